The van der Waals surface area contributed by atoms with Gasteiger partial charge in [0.15, 0.2) is 5.65 Å². The van der Waals surface area contributed by atoms with E-state index in [9.17, 15) is 4.79 Å². The molecule has 3 aromatic heterocycles. The number of carbonyl (C=O) groups is 1. The van der Waals surface area contributed by atoms with Gasteiger partial charge in [0, 0.05) is 37.3 Å². The molecule has 1 amide bonds. The minimum atomic E-state index is 0.00192. The Morgan fingerprint density at radius 3 is 2.75 bits per heavy atom. The second-order valence-corrected chi connectivity index (χ2v) is 7.15. The van der Waals surface area contributed by atoms with Gasteiger partial charge >= 0.3 is 0 Å². The number of carbonyl (C=O) groups excluding carboxylic acids is 1. The van der Waals surface area contributed by atoms with Crippen LogP contribution in [0.2, 0.25) is 0 Å². The highest BCUT2D eigenvalue weighted by molar-refractivity contribution is 5.95. The van der Waals surface area contributed by atoms with E-state index in [-0.39, 0.29) is 5.91 Å². The van der Waals surface area contributed by atoms with Crippen molar-refractivity contribution in [1.29, 1.82) is 0 Å². The van der Waals surface area contributed by atoms with Crippen molar-refractivity contribution in [3.63, 3.8) is 0 Å². The third-order valence-electron chi connectivity index (χ3n) is 5.30. The number of benzene rings is 1. The average molecular weight is 372 g/mol. The predicted octanol–water partition coefficient (Wildman–Crippen LogP) is 2.73. The number of hydrogen-bond acceptors (Lipinski definition) is 4. The van der Waals surface area contributed by atoms with Crippen LogP contribution in [0.3, 0.4) is 0 Å². The molecule has 4 heterocycles. The molecule has 7 nitrogen and oxygen atoms in total. The fourth-order valence-electron chi connectivity index (χ4n) is 3.85. The van der Waals surface area contributed by atoms with E-state index in [0.29, 0.717) is 18.7 Å². The molecule has 0 radical (unpaired) electrons. The predicted molar refractivity (Wildman–Crippen MR) is 104 cm³/mol. The lowest BCUT2D eigenvalue weighted by atomic mass is 10.1. The van der Waals surface area contributed by atoms with Gasteiger partial charge in [-0.1, -0.05) is 18.2 Å². The van der Waals surface area contributed by atoms with Gasteiger partial charge in [-0.2, -0.15) is 10.2 Å². The van der Waals surface area contributed by atoms with Gasteiger partial charge in [-0.3, -0.25) is 4.79 Å². The molecular formula is C21H20N6O. The molecule has 5 rings (SSSR count). The van der Waals surface area contributed by atoms with Gasteiger partial charge in [-0.25, -0.2) is 14.2 Å². The summed E-state index contributed by atoms with van der Waals surface area (Å²) in [5, 5.41) is 8.98. The molecule has 0 spiro atoms. The van der Waals surface area contributed by atoms with Gasteiger partial charge in [0.1, 0.15) is 0 Å². The van der Waals surface area contributed by atoms with E-state index in [2.05, 4.69) is 15.2 Å². The fourth-order valence-corrected chi connectivity index (χ4v) is 3.85. The van der Waals surface area contributed by atoms with Crippen LogP contribution in [-0.4, -0.2) is 41.7 Å². The molecule has 0 fully saturated rings. The number of aryl methyl sites for hydroxylation is 1. The number of hydrogen-bond donors (Lipinski definition) is 0. The number of nitrogens with zero attached hydrogens (tertiary/aromatic N) is 6. The Balaban J connectivity index is 1.44. The van der Waals surface area contributed by atoms with Crippen molar-refractivity contribution >= 4 is 11.6 Å². The lowest BCUT2D eigenvalue weighted by Gasteiger charge is -2.28. The highest BCUT2D eigenvalue weighted by Crippen LogP contribution is 2.23. The molecule has 0 atom stereocenters. The molecule has 0 unspecified atom stereocenters. The molecular weight excluding hydrogens is 352 g/mol. The van der Waals surface area contributed by atoms with E-state index in [0.717, 1.165) is 40.4 Å². The zero-order valence-corrected chi connectivity index (χ0v) is 15.8. The zero-order chi connectivity index (χ0) is 19.3. The SMILES string of the molecule is Cc1cc2ncc3c(n2n1)CCN(C(=O)c1cnn(-c2ccccc2)c1C)C3. The summed E-state index contributed by atoms with van der Waals surface area (Å²) < 4.78 is 3.72. The van der Waals surface area contributed by atoms with E-state index in [1.807, 2.05) is 70.5 Å². The molecule has 0 N–H and O–H groups in total. The molecule has 4 aromatic rings. The van der Waals surface area contributed by atoms with Crippen molar-refractivity contribution in [2.24, 2.45) is 0 Å². The van der Waals surface area contributed by atoms with Crippen LogP contribution in [0, 0.1) is 13.8 Å². The van der Waals surface area contributed by atoms with E-state index in [1.165, 1.54) is 0 Å². The maximum Gasteiger partial charge on any atom is 0.257 e. The Morgan fingerprint density at radius 2 is 1.93 bits per heavy atom. The Labute approximate surface area is 162 Å². The van der Waals surface area contributed by atoms with Crippen LogP contribution in [0.15, 0.2) is 48.8 Å². The Morgan fingerprint density at radius 1 is 1.11 bits per heavy atom. The Bertz CT molecular complexity index is 1190. The summed E-state index contributed by atoms with van der Waals surface area (Å²) >= 11 is 0. The maximum absolute atomic E-state index is 13.2. The first kappa shape index (κ1) is 16.7. The summed E-state index contributed by atoms with van der Waals surface area (Å²) in [6.07, 6.45) is 4.29. The number of para-hydroxylation sites is 1. The number of fused-ring (bicyclic) bond motifs is 3. The summed E-state index contributed by atoms with van der Waals surface area (Å²) in [5.41, 5.74) is 6.42. The topological polar surface area (TPSA) is 68.3 Å². The summed E-state index contributed by atoms with van der Waals surface area (Å²) in [4.78, 5) is 19.5. The van der Waals surface area contributed by atoms with Crippen LogP contribution in [-0.2, 0) is 13.0 Å². The van der Waals surface area contributed by atoms with Crippen molar-refractivity contribution in [1.82, 2.24) is 29.3 Å². The van der Waals surface area contributed by atoms with Crippen LogP contribution in [0.5, 0.6) is 0 Å². The van der Waals surface area contributed by atoms with Crippen molar-refractivity contribution in [3.05, 3.63) is 77.0 Å². The minimum absolute atomic E-state index is 0.00192. The maximum atomic E-state index is 13.2. The van der Waals surface area contributed by atoms with E-state index in [1.54, 1.807) is 6.20 Å². The van der Waals surface area contributed by atoms with E-state index < -0.39 is 0 Å². The smallest absolute Gasteiger partial charge is 0.257 e. The molecule has 0 saturated heterocycles. The summed E-state index contributed by atoms with van der Waals surface area (Å²) in [5.74, 6) is 0.00192. The van der Waals surface area contributed by atoms with Crippen molar-refractivity contribution < 1.29 is 4.79 Å². The average Bonchev–Trinajstić information content (AvgIpc) is 3.29. The van der Waals surface area contributed by atoms with Gasteiger partial charge in [0.05, 0.1) is 34.5 Å². The Hall–Kier alpha value is -3.48. The van der Waals surface area contributed by atoms with Gasteiger partial charge in [0.2, 0.25) is 0 Å². The number of aromatic nitrogens is 5. The van der Waals surface area contributed by atoms with Crippen molar-refractivity contribution in [2.75, 3.05) is 6.54 Å². The second kappa shape index (κ2) is 6.30. The summed E-state index contributed by atoms with van der Waals surface area (Å²) in [6.45, 7) is 5.08. The zero-order valence-electron chi connectivity index (χ0n) is 15.8. The molecule has 7 heteroatoms. The number of amides is 1. The van der Waals surface area contributed by atoms with Crippen LogP contribution < -0.4 is 0 Å². The van der Waals surface area contributed by atoms with Gasteiger partial charge < -0.3 is 4.90 Å². The van der Waals surface area contributed by atoms with Crippen LogP contribution in [0.25, 0.3) is 11.3 Å². The lowest BCUT2D eigenvalue weighted by Crippen LogP contribution is -2.37. The minimum Gasteiger partial charge on any atom is -0.334 e. The quantitative estimate of drug-likeness (QED) is 0.543. The van der Waals surface area contributed by atoms with Crippen molar-refractivity contribution in [2.45, 2.75) is 26.8 Å². The third kappa shape index (κ3) is 2.58. The van der Waals surface area contributed by atoms with Crippen LogP contribution >= 0.6 is 0 Å². The molecule has 0 aliphatic carbocycles. The highest BCUT2D eigenvalue weighted by atomic mass is 16.2. The normalized spacial score (nSPS) is 13.7. The van der Waals surface area contributed by atoms with Gasteiger partial charge in [-0.15, -0.1) is 0 Å². The fraction of sp³-hybridized carbons (Fsp3) is 0.238. The van der Waals surface area contributed by atoms with Gasteiger partial charge in [-0.05, 0) is 26.0 Å². The standard InChI is InChI=1S/C21H20N6O/c1-14-10-20-22-11-16-13-25(9-8-19(16)27(20)24-14)21(28)18-12-23-26(15(18)2)17-6-4-3-5-7-17/h3-7,10-12H,8-9,13H2,1-2H3. The highest BCUT2D eigenvalue weighted by Gasteiger charge is 2.26. The van der Waals surface area contributed by atoms with Crippen LogP contribution in [0.1, 0.15) is 33.0 Å². The van der Waals surface area contributed by atoms with Crippen molar-refractivity contribution in [3.8, 4) is 5.69 Å². The molecule has 1 aromatic carbocycles. The summed E-state index contributed by atoms with van der Waals surface area (Å²) in [7, 11) is 0. The first-order chi connectivity index (χ1) is 13.6. The molecule has 0 saturated carbocycles. The number of rotatable bonds is 2. The lowest BCUT2D eigenvalue weighted by molar-refractivity contribution is 0.0732. The molecule has 1 aliphatic heterocycles. The monoisotopic (exact) mass is 372 g/mol. The first-order valence-corrected chi connectivity index (χ1v) is 9.34. The summed E-state index contributed by atoms with van der Waals surface area (Å²) in [6, 6.07) is 11.8. The molecule has 140 valence electrons. The molecule has 28 heavy (non-hydrogen) atoms. The first-order valence-electron chi connectivity index (χ1n) is 9.34. The third-order valence-corrected chi connectivity index (χ3v) is 5.30. The van der Waals surface area contributed by atoms with Crippen LogP contribution in [0.4, 0.5) is 0 Å². The largest absolute Gasteiger partial charge is 0.334 e. The van der Waals surface area contributed by atoms with Gasteiger partial charge in [0.25, 0.3) is 5.91 Å². The molecule has 1 aliphatic rings. The second-order valence-electron chi connectivity index (χ2n) is 7.15. The van der Waals surface area contributed by atoms with E-state index >= 15 is 0 Å². The Kier molecular flexibility index (Phi) is 3.75. The molecule has 0 bridgehead atoms. The van der Waals surface area contributed by atoms with E-state index in [4.69, 9.17) is 0 Å².